The maximum absolute atomic E-state index is 14.1. The first kappa shape index (κ1) is 22.0. The van der Waals surface area contributed by atoms with Gasteiger partial charge in [-0.15, -0.1) is 0 Å². The molecule has 3 aliphatic heterocycles. The molecule has 6 rings (SSSR count). The lowest BCUT2D eigenvalue weighted by Gasteiger charge is -2.35. The minimum atomic E-state index is -4.85. The summed E-state index contributed by atoms with van der Waals surface area (Å²) in [5, 5.41) is -0.720. The third-order valence-electron chi connectivity index (χ3n) is 7.23. The number of hydrogen-bond acceptors (Lipinski definition) is 3. The van der Waals surface area contributed by atoms with Crippen LogP contribution in [0.3, 0.4) is 0 Å². The van der Waals surface area contributed by atoms with Crippen molar-refractivity contribution < 1.29 is 31.1 Å². The van der Waals surface area contributed by atoms with E-state index in [1.54, 1.807) is 0 Å². The molecule has 2 saturated heterocycles. The minimum absolute atomic E-state index is 0.184. The molecule has 3 aliphatic rings. The Kier molecular flexibility index (Phi) is 4.41. The first-order valence-electron chi connectivity index (χ1n) is 11.1. The summed E-state index contributed by atoms with van der Waals surface area (Å²) in [6, 6.07) is 7.10. The molecule has 1 amide bonds. The molecule has 2 fully saturated rings. The summed E-state index contributed by atoms with van der Waals surface area (Å²) in [4.78, 5) is 31.0. The lowest BCUT2D eigenvalue weighted by Crippen LogP contribution is -2.44. The first-order valence-corrected chi connectivity index (χ1v) is 11.1. The fourth-order valence-electron chi connectivity index (χ4n) is 5.76. The summed E-state index contributed by atoms with van der Waals surface area (Å²) in [5.74, 6) is -1.34. The van der Waals surface area contributed by atoms with Crippen LogP contribution in [-0.2, 0) is 12.4 Å². The topological polar surface area (TPSA) is 56.4 Å². The average Bonchev–Trinajstić information content (AvgIpc) is 3.38. The molecule has 35 heavy (non-hydrogen) atoms. The second kappa shape index (κ2) is 7.02. The Morgan fingerprint density at radius 2 is 1.46 bits per heavy atom. The third-order valence-corrected chi connectivity index (χ3v) is 7.23. The van der Waals surface area contributed by atoms with E-state index < -0.39 is 51.5 Å². The van der Waals surface area contributed by atoms with Crippen molar-refractivity contribution >= 4 is 34.0 Å². The number of H-pyrrole nitrogens is 1. The van der Waals surface area contributed by atoms with E-state index in [-0.39, 0.29) is 23.4 Å². The number of carbonyl (C=O) groups excluding carboxylic acids is 1. The fraction of sp³-hybridized carbons (Fsp3) is 0.333. The smallest absolute Gasteiger partial charge is 0.366 e. The number of nitrogens with one attached hydrogen (secondary N) is 1. The quantitative estimate of drug-likeness (QED) is 0.447. The monoisotopic (exact) mass is 493 g/mol. The summed E-state index contributed by atoms with van der Waals surface area (Å²) in [6.07, 6.45) is -5.98. The van der Waals surface area contributed by atoms with Crippen LogP contribution in [0.2, 0.25) is 0 Å². The van der Waals surface area contributed by atoms with Crippen molar-refractivity contribution in [1.29, 1.82) is 0 Å². The fourth-order valence-corrected chi connectivity index (χ4v) is 5.76. The molecule has 2 aromatic carbocycles. The molecule has 0 aliphatic carbocycles. The number of benzene rings is 2. The zero-order valence-electron chi connectivity index (χ0n) is 17.9. The highest BCUT2D eigenvalue weighted by Gasteiger charge is 2.46. The van der Waals surface area contributed by atoms with Crippen LogP contribution in [0.5, 0.6) is 0 Å². The van der Waals surface area contributed by atoms with Crippen LogP contribution in [0, 0.1) is 0 Å². The summed E-state index contributed by atoms with van der Waals surface area (Å²) in [7, 11) is 0. The predicted octanol–water partition coefficient (Wildman–Crippen LogP) is 5.99. The maximum atomic E-state index is 14.1. The minimum Gasteiger partial charge on any atom is -0.366 e. The molecule has 0 saturated carbocycles. The van der Waals surface area contributed by atoms with Gasteiger partial charge in [0.05, 0.1) is 27.7 Å². The van der Waals surface area contributed by atoms with Crippen molar-refractivity contribution in [3.05, 3.63) is 63.3 Å². The molecule has 3 aromatic rings. The van der Waals surface area contributed by atoms with Gasteiger partial charge in [-0.1, -0.05) is 6.07 Å². The molecule has 0 radical (unpaired) electrons. The predicted molar refractivity (Wildman–Crippen MR) is 116 cm³/mol. The Morgan fingerprint density at radius 1 is 0.829 bits per heavy atom. The highest BCUT2D eigenvalue weighted by Crippen LogP contribution is 2.48. The number of anilines is 3. The number of carbonyl (C=O) groups is 1. The third kappa shape index (κ3) is 3.09. The lowest BCUT2D eigenvalue weighted by atomic mass is 9.98. The van der Waals surface area contributed by atoms with Crippen LogP contribution in [0.4, 0.5) is 43.5 Å². The van der Waals surface area contributed by atoms with E-state index in [2.05, 4.69) is 4.98 Å². The number of halogens is 6. The van der Waals surface area contributed by atoms with E-state index in [1.165, 1.54) is 18.2 Å². The van der Waals surface area contributed by atoms with Crippen LogP contribution in [-0.4, -0.2) is 23.0 Å². The average molecular weight is 493 g/mol. The number of aromatic amines is 1. The van der Waals surface area contributed by atoms with Gasteiger partial charge < -0.3 is 9.88 Å². The Bertz CT molecular complexity index is 1440. The van der Waals surface area contributed by atoms with Gasteiger partial charge in [0, 0.05) is 17.8 Å². The Morgan fingerprint density at radius 3 is 2.06 bits per heavy atom. The highest BCUT2D eigenvalue weighted by atomic mass is 19.4. The standard InChI is InChI=1S/C24H17F6N3O2/c25-23(26,27)14-2-1-3-16-18(14)20(34)19-21(31-16)33(22(19)35)17-9-8-13(10-15(17)24(28,29)30)32-11-4-5-12(32)7-6-11/h1-3,8-12H,4-7H2,(H,31,34). The lowest BCUT2D eigenvalue weighted by molar-refractivity contribution is -0.137. The number of alkyl halides is 6. The van der Waals surface area contributed by atoms with Gasteiger partial charge in [-0.25, -0.2) is 0 Å². The van der Waals surface area contributed by atoms with E-state index in [9.17, 15) is 35.9 Å². The number of nitrogens with zero attached hydrogens (tertiary/aromatic N) is 2. The molecule has 0 unspecified atom stereocenters. The van der Waals surface area contributed by atoms with E-state index >= 15 is 0 Å². The van der Waals surface area contributed by atoms with Gasteiger partial charge in [0.25, 0.3) is 5.91 Å². The zero-order chi connectivity index (χ0) is 24.9. The molecular weight excluding hydrogens is 476 g/mol. The highest BCUT2D eigenvalue weighted by molar-refractivity contribution is 6.24. The number of pyridine rings is 1. The molecule has 0 spiro atoms. The van der Waals surface area contributed by atoms with E-state index in [4.69, 9.17) is 0 Å². The maximum Gasteiger partial charge on any atom is 0.418 e. The number of aromatic nitrogens is 1. The SMILES string of the molecule is O=C1c2c([nH]c3cccc(C(F)(F)F)c3c2=O)N1c1ccc(N2C3CCC2CC3)cc1C(F)(F)F. The van der Waals surface area contributed by atoms with Crippen LogP contribution in [0.1, 0.15) is 47.2 Å². The number of rotatable bonds is 2. The van der Waals surface area contributed by atoms with Crippen molar-refractivity contribution in [2.45, 2.75) is 50.1 Å². The molecule has 11 heteroatoms. The van der Waals surface area contributed by atoms with Crippen LogP contribution in [0.15, 0.2) is 41.2 Å². The van der Waals surface area contributed by atoms with Crippen molar-refractivity contribution in [2.75, 3.05) is 9.80 Å². The van der Waals surface area contributed by atoms with Crippen LogP contribution < -0.4 is 15.2 Å². The summed E-state index contributed by atoms with van der Waals surface area (Å²) < 4.78 is 82.6. The van der Waals surface area contributed by atoms with Gasteiger partial charge in [0.1, 0.15) is 11.4 Å². The Balaban J connectivity index is 1.50. The summed E-state index contributed by atoms with van der Waals surface area (Å²) in [6.45, 7) is 0. The first-order chi connectivity index (χ1) is 16.5. The van der Waals surface area contributed by atoms with Crippen molar-refractivity contribution in [3.8, 4) is 0 Å². The van der Waals surface area contributed by atoms with Gasteiger partial charge in [0.15, 0.2) is 0 Å². The van der Waals surface area contributed by atoms with Crippen LogP contribution in [0.25, 0.3) is 10.9 Å². The van der Waals surface area contributed by atoms with Gasteiger partial charge in [0.2, 0.25) is 5.43 Å². The molecule has 182 valence electrons. The van der Waals surface area contributed by atoms with Crippen molar-refractivity contribution in [1.82, 2.24) is 4.98 Å². The molecular formula is C24H17F6N3O2. The number of amides is 1. The second-order valence-corrected chi connectivity index (χ2v) is 9.11. The van der Waals surface area contributed by atoms with E-state index in [1.807, 2.05) is 4.90 Å². The van der Waals surface area contributed by atoms with Crippen molar-refractivity contribution in [3.63, 3.8) is 0 Å². The molecule has 2 bridgehead atoms. The van der Waals surface area contributed by atoms with Gasteiger partial charge in [-0.3, -0.25) is 14.5 Å². The number of fused-ring (bicyclic) bond motifs is 4. The molecule has 1 aromatic heterocycles. The Labute approximate surface area is 193 Å². The molecule has 0 atom stereocenters. The normalized spacial score (nSPS) is 21.6. The van der Waals surface area contributed by atoms with Crippen LogP contribution >= 0.6 is 0 Å². The van der Waals surface area contributed by atoms with Crippen molar-refractivity contribution in [2.24, 2.45) is 0 Å². The zero-order valence-corrected chi connectivity index (χ0v) is 17.9. The Hall–Kier alpha value is -3.50. The summed E-state index contributed by atoms with van der Waals surface area (Å²) >= 11 is 0. The largest absolute Gasteiger partial charge is 0.418 e. The molecule has 5 nitrogen and oxygen atoms in total. The second-order valence-electron chi connectivity index (χ2n) is 9.11. The van der Waals surface area contributed by atoms with Gasteiger partial charge in [-0.05, 0) is 56.0 Å². The van der Waals surface area contributed by atoms with Gasteiger partial charge >= 0.3 is 12.4 Å². The molecule has 4 heterocycles. The van der Waals surface area contributed by atoms with E-state index in [0.29, 0.717) is 10.6 Å². The summed E-state index contributed by atoms with van der Waals surface area (Å²) in [5.41, 5.74) is -4.31. The van der Waals surface area contributed by atoms with Gasteiger partial charge in [-0.2, -0.15) is 26.3 Å². The number of hydrogen-bond donors (Lipinski definition) is 1. The van der Waals surface area contributed by atoms with E-state index in [0.717, 1.165) is 43.9 Å². The molecule has 1 N–H and O–H groups in total.